The third kappa shape index (κ3) is 5.05. The second-order valence-electron chi connectivity index (χ2n) is 14.4. The Labute approximate surface area is 271 Å². The van der Waals surface area contributed by atoms with Gasteiger partial charge in [0.05, 0.1) is 5.60 Å². The summed E-state index contributed by atoms with van der Waals surface area (Å²) in [5.41, 5.74) is 0.0623. The van der Waals surface area contributed by atoms with Gasteiger partial charge in [-0.25, -0.2) is 4.79 Å². The largest absolute Gasteiger partial charge is 0.507 e. The Morgan fingerprint density at radius 2 is 1.59 bits per heavy atom. The van der Waals surface area contributed by atoms with E-state index >= 15 is 0 Å². The van der Waals surface area contributed by atoms with Gasteiger partial charge in [-0.05, 0) is 87.5 Å². The highest BCUT2D eigenvalue weighted by molar-refractivity contribution is 6.18. The average molecular weight is 631 g/mol. The van der Waals surface area contributed by atoms with Crippen LogP contribution in [0.25, 0.3) is 0 Å². The zero-order valence-electron chi connectivity index (χ0n) is 28.2. The Hall–Kier alpha value is -3.91. The molecular weight excluding hydrogens is 584 g/mol. The zero-order valence-corrected chi connectivity index (χ0v) is 28.2. The Morgan fingerprint density at radius 3 is 2.22 bits per heavy atom. The number of hydrogen-bond acceptors (Lipinski definition) is 7. The van der Waals surface area contributed by atoms with Crippen LogP contribution in [-0.2, 0) is 27.2 Å². The molecule has 3 N–H and O–H groups in total. The minimum absolute atomic E-state index is 0.0259. The van der Waals surface area contributed by atoms with Gasteiger partial charge in [0.2, 0.25) is 0 Å². The van der Waals surface area contributed by atoms with Crippen LogP contribution in [0.3, 0.4) is 0 Å². The van der Waals surface area contributed by atoms with E-state index in [1.807, 2.05) is 46.8 Å². The molecule has 4 bridgehead atoms. The lowest BCUT2D eigenvalue weighted by Gasteiger charge is -2.56. The van der Waals surface area contributed by atoms with Crippen molar-refractivity contribution in [2.75, 3.05) is 0 Å². The summed E-state index contributed by atoms with van der Waals surface area (Å²) < 4.78 is 13.6. The number of ether oxygens (including phenoxy) is 2. The molecule has 1 saturated carbocycles. The smallest absolute Gasteiger partial charge is 0.330 e. The monoisotopic (exact) mass is 630 g/mol. The summed E-state index contributed by atoms with van der Waals surface area (Å²) in [4.78, 5) is 40.6. The molecule has 2 heterocycles. The fourth-order valence-corrected chi connectivity index (χ4v) is 7.80. The van der Waals surface area contributed by atoms with Gasteiger partial charge >= 0.3 is 5.97 Å². The van der Waals surface area contributed by atoms with E-state index in [9.17, 15) is 29.7 Å². The fraction of sp³-hybridized carbons (Fsp3) is 0.500. The second-order valence-corrected chi connectivity index (χ2v) is 14.4. The van der Waals surface area contributed by atoms with Crippen molar-refractivity contribution < 1.29 is 39.2 Å². The predicted molar refractivity (Wildman–Crippen MR) is 175 cm³/mol. The van der Waals surface area contributed by atoms with Crippen molar-refractivity contribution in [3.63, 3.8) is 0 Å². The molecular formula is C38H46O8. The maximum absolute atomic E-state index is 14.7. The molecule has 0 radical (unpaired) electrons. The average Bonchev–Trinajstić information content (AvgIpc) is 3.12. The van der Waals surface area contributed by atoms with Crippen LogP contribution in [0.1, 0.15) is 103 Å². The van der Waals surface area contributed by atoms with Gasteiger partial charge in [0.15, 0.2) is 22.8 Å². The number of aromatic hydroxyl groups is 2. The number of hydrogen-bond donors (Lipinski definition) is 3. The highest BCUT2D eigenvalue weighted by Gasteiger charge is 2.81. The van der Waals surface area contributed by atoms with Crippen LogP contribution >= 0.6 is 0 Å². The highest BCUT2D eigenvalue weighted by Crippen LogP contribution is 2.68. The molecule has 4 atom stereocenters. The fourth-order valence-electron chi connectivity index (χ4n) is 7.80. The number of carbonyl (C=O) groups excluding carboxylic acids is 2. The molecule has 246 valence electrons. The normalized spacial score (nSPS) is 27.4. The van der Waals surface area contributed by atoms with Gasteiger partial charge in [0, 0.05) is 40.5 Å². The molecule has 0 unspecified atom stereocenters. The lowest BCUT2D eigenvalue weighted by Crippen LogP contribution is -2.72. The van der Waals surface area contributed by atoms with E-state index in [1.165, 1.54) is 18.6 Å². The van der Waals surface area contributed by atoms with Crippen molar-refractivity contribution in [1.29, 1.82) is 0 Å². The van der Waals surface area contributed by atoms with Crippen LogP contribution in [0.4, 0.5) is 0 Å². The Kier molecular flexibility index (Phi) is 8.52. The van der Waals surface area contributed by atoms with Crippen molar-refractivity contribution >= 4 is 17.5 Å². The molecule has 0 aromatic heterocycles. The highest BCUT2D eigenvalue weighted by atomic mass is 16.6. The number of allylic oxidation sites excluding steroid dienone is 7. The van der Waals surface area contributed by atoms with Crippen molar-refractivity contribution in [3.05, 3.63) is 74.9 Å². The molecule has 1 saturated heterocycles. The SMILES string of the molecule is CC(C)=CCC/C(C)=C/Cc1c(O)c(CC=C(C)C)c2c(c1O)C(=O)C1=C[C@H]3C[C@H]4C(C)(C)O[C@@](C/C=C(/C)C(=O)O)(C3=O)[C@@]14O2. The van der Waals surface area contributed by atoms with Gasteiger partial charge in [-0.15, -0.1) is 0 Å². The van der Waals surface area contributed by atoms with Crippen LogP contribution < -0.4 is 4.74 Å². The Bertz CT molecular complexity index is 1670. The van der Waals surface area contributed by atoms with Crippen molar-refractivity contribution in [1.82, 2.24) is 0 Å². The molecule has 1 aromatic rings. The third-order valence-corrected chi connectivity index (χ3v) is 10.2. The number of rotatable bonds is 10. The Balaban J connectivity index is 1.71. The first-order chi connectivity index (χ1) is 21.5. The van der Waals surface area contributed by atoms with Crippen LogP contribution in [-0.4, -0.2) is 49.7 Å². The molecule has 0 amide bonds. The maximum atomic E-state index is 14.7. The topological polar surface area (TPSA) is 130 Å². The van der Waals surface area contributed by atoms with Gasteiger partial charge in [-0.2, -0.15) is 0 Å². The number of ketones is 2. The first-order valence-electron chi connectivity index (χ1n) is 16.1. The second kappa shape index (κ2) is 11.7. The number of carboxylic acid groups (broad SMARTS) is 1. The number of phenols is 2. The van der Waals surface area contributed by atoms with Gasteiger partial charge in [-0.1, -0.05) is 47.1 Å². The predicted octanol–water partition coefficient (Wildman–Crippen LogP) is 7.27. The molecule has 5 aliphatic rings. The number of Topliss-reactive ketones (excluding diaryl/α,β-unsaturated/α-hetero) is 2. The third-order valence-electron chi connectivity index (χ3n) is 10.2. The summed E-state index contributed by atoms with van der Waals surface area (Å²) in [6.45, 7) is 15.2. The summed E-state index contributed by atoms with van der Waals surface area (Å²) in [5, 5.41) is 33.0. The molecule has 3 aliphatic carbocycles. The standard InChI is InChI=1S/C38H46O8/c1-20(2)10-9-11-22(5)13-15-25-30(39)26(14-12-21(3)4)33-29(31(25)40)32(41)27-18-24-19-28-36(7,8)46-37(34(24)42,38(27,28)45-33)17-16-23(6)35(43)44/h10,12-13,16,18,24,28,39-40H,9,11,14-15,17,19H2,1-8H3,(H,43,44)/b22-13+,23-16-/t24-,28-,37-,38+/m0/s1. The molecule has 1 spiro atoms. The first-order valence-corrected chi connectivity index (χ1v) is 16.1. The van der Waals surface area contributed by atoms with Gasteiger partial charge in [0.25, 0.3) is 0 Å². The van der Waals surface area contributed by atoms with Gasteiger partial charge in [-0.3, -0.25) is 9.59 Å². The molecule has 6 rings (SSSR count). The van der Waals surface area contributed by atoms with Crippen molar-refractivity contribution in [2.24, 2.45) is 11.8 Å². The molecule has 46 heavy (non-hydrogen) atoms. The Morgan fingerprint density at radius 1 is 0.935 bits per heavy atom. The van der Waals surface area contributed by atoms with Crippen molar-refractivity contribution in [2.45, 2.75) is 111 Å². The quantitative estimate of drug-likeness (QED) is 0.182. The molecule has 8 nitrogen and oxygen atoms in total. The minimum atomic E-state index is -1.67. The summed E-state index contributed by atoms with van der Waals surface area (Å²) >= 11 is 0. The molecule has 8 heteroatoms. The van der Waals surface area contributed by atoms with E-state index in [0.717, 1.165) is 24.0 Å². The molecule has 1 aromatic carbocycles. The van der Waals surface area contributed by atoms with Crippen LogP contribution in [0, 0.1) is 11.8 Å². The van der Waals surface area contributed by atoms with Gasteiger partial charge < -0.3 is 24.8 Å². The number of aliphatic carboxylic acids is 1. The summed E-state index contributed by atoms with van der Waals surface area (Å²) in [7, 11) is 0. The number of carbonyl (C=O) groups is 3. The summed E-state index contributed by atoms with van der Waals surface area (Å²) in [6.07, 6.45) is 11.6. The van der Waals surface area contributed by atoms with Crippen LogP contribution in [0.5, 0.6) is 17.2 Å². The van der Waals surface area contributed by atoms with E-state index in [4.69, 9.17) is 9.47 Å². The van der Waals surface area contributed by atoms with E-state index < -0.39 is 40.4 Å². The number of benzene rings is 1. The van der Waals surface area contributed by atoms with Crippen molar-refractivity contribution in [3.8, 4) is 17.2 Å². The maximum Gasteiger partial charge on any atom is 0.330 e. The van der Waals surface area contributed by atoms with E-state index in [2.05, 4.69) is 19.9 Å². The van der Waals surface area contributed by atoms with E-state index in [1.54, 1.807) is 6.08 Å². The lowest BCUT2D eigenvalue weighted by atomic mass is 9.51. The summed E-state index contributed by atoms with van der Waals surface area (Å²) in [5.74, 6) is -3.33. The lowest BCUT2D eigenvalue weighted by molar-refractivity contribution is -0.171. The minimum Gasteiger partial charge on any atom is -0.507 e. The van der Waals surface area contributed by atoms with E-state index in [0.29, 0.717) is 12.0 Å². The number of fused-ring (bicyclic) bond motifs is 1. The molecule has 2 aliphatic heterocycles. The van der Waals surface area contributed by atoms with Crippen LogP contribution in [0.15, 0.2) is 58.2 Å². The first kappa shape index (κ1) is 33.5. The van der Waals surface area contributed by atoms with E-state index in [-0.39, 0.29) is 64.6 Å². The number of carboxylic acids is 1. The van der Waals surface area contributed by atoms with Gasteiger partial charge in [0.1, 0.15) is 22.8 Å². The van der Waals surface area contributed by atoms with Crippen LogP contribution in [0.2, 0.25) is 0 Å². The zero-order chi connectivity index (χ0) is 33.9. The summed E-state index contributed by atoms with van der Waals surface area (Å²) in [6, 6.07) is 0. The molecule has 2 fully saturated rings. The number of phenolic OH excluding ortho intramolecular Hbond substituents is 2.